The molecule has 1 atom stereocenters. The van der Waals surface area contributed by atoms with Crippen LogP contribution in [0.4, 0.5) is 11.4 Å². The number of benzene rings is 3. The van der Waals surface area contributed by atoms with E-state index in [0.29, 0.717) is 11.3 Å². The van der Waals surface area contributed by atoms with Crippen LogP contribution in [0.3, 0.4) is 0 Å². The summed E-state index contributed by atoms with van der Waals surface area (Å²) < 4.78 is 25.0. The standard InChI is InChI=1S/C23H22ClN3O4S/c1-15(16-8-4-3-5-9-16)25-23(29)19-10-6-7-11-21(19)26-22(28)18-13-12-17(14-20(18)24)27-32(2,30)31/h3-15,27H,1-2H3,(H,25,29)(H,26,28)/t15-/m1/s1. The van der Waals surface area contributed by atoms with E-state index in [-0.39, 0.29) is 28.2 Å². The number of hydrogen-bond acceptors (Lipinski definition) is 4. The lowest BCUT2D eigenvalue weighted by molar-refractivity contribution is 0.0940. The number of anilines is 2. The van der Waals surface area contributed by atoms with Crippen molar-refractivity contribution in [2.45, 2.75) is 13.0 Å². The van der Waals surface area contributed by atoms with Crippen LogP contribution in [0.25, 0.3) is 0 Å². The predicted octanol–water partition coefficient (Wildman–Crippen LogP) is 4.45. The highest BCUT2D eigenvalue weighted by Crippen LogP contribution is 2.24. The third-order valence-corrected chi connectivity index (χ3v) is 5.50. The topological polar surface area (TPSA) is 104 Å². The molecule has 0 unspecified atom stereocenters. The molecule has 7 nitrogen and oxygen atoms in total. The van der Waals surface area contributed by atoms with Gasteiger partial charge in [-0.2, -0.15) is 0 Å². The van der Waals surface area contributed by atoms with Crippen molar-refractivity contribution >= 4 is 44.8 Å². The molecule has 3 rings (SSSR count). The molecule has 0 spiro atoms. The molecule has 9 heteroatoms. The number of hydrogen-bond donors (Lipinski definition) is 3. The van der Waals surface area contributed by atoms with E-state index in [2.05, 4.69) is 15.4 Å². The molecule has 3 aromatic rings. The summed E-state index contributed by atoms with van der Waals surface area (Å²) in [5, 5.41) is 5.70. The zero-order chi connectivity index (χ0) is 23.3. The van der Waals surface area contributed by atoms with Crippen molar-refractivity contribution in [3.8, 4) is 0 Å². The molecule has 3 aromatic carbocycles. The maximum absolute atomic E-state index is 12.9. The van der Waals surface area contributed by atoms with Crippen molar-refractivity contribution in [2.24, 2.45) is 0 Å². The lowest BCUT2D eigenvalue weighted by Gasteiger charge is -2.16. The molecule has 0 aliphatic carbocycles. The molecule has 0 radical (unpaired) electrons. The van der Waals surface area contributed by atoms with E-state index in [0.717, 1.165) is 11.8 Å². The predicted molar refractivity (Wildman–Crippen MR) is 127 cm³/mol. The molecule has 32 heavy (non-hydrogen) atoms. The number of rotatable bonds is 7. The Balaban J connectivity index is 1.77. The summed E-state index contributed by atoms with van der Waals surface area (Å²) >= 11 is 6.18. The van der Waals surface area contributed by atoms with E-state index in [9.17, 15) is 18.0 Å². The van der Waals surface area contributed by atoms with Crippen LogP contribution in [0.15, 0.2) is 72.8 Å². The quantitative estimate of drug-likeness (QED) is 0.473. The minimum Gasteiger partial charge on any atom is -0.345 e. The van der Waals surface area contributed by atoms with E-state index >= 15 is 0 Å². The van der Waals surface area contributed by atoms with Gasteiger partial charge in [0.05, 0.1) is 34.1 Å². The van der Waals surface area contributed by atoms with Gasteiger partial charge in [0.1, 0.15) is 0 Å². The average Bonchev–Trinajstić information content (AvgIpc) is 2.73. The molecule has 166 valence electrons. The Morgan fingerprint density at radius 2 is 1.53 bits per heavy atom. The summed E-state index contributed by atoms with van der Waals surface area (Å²) in [6.45, 7) is 1.88. The van der Waals surface area contributed by atoms with Gasteiger partial charge in [-0.15, -0.1) is 0 Å². The summed E-state index contributed by atoms with van der Waals surface area (Å²) in [4.78, 5) is 25.6. The zero-order valence-electron chi connectivity index (χ0n) is 17.4. The zero-order valence-corrected chi connectivity index (χ0v) is 19.0. The van der Waals surface area contributed by atoms with Crippen LogP contribution in [0, 0.1) is 0 Å². The lowest BCUT2D eigenvalue weighted by Crippen LogP contribution is -2.28. The molecule has 0 fully saturated rings. The summed E-state index contributed by atoms with van der Waals surface area (Å²) in [6, 6.07) is 20.1. The largest absolute Gasteiger partial charge is 0.345 e. The third-order valence-electron chi connectivity index (χ3n) is 4.58. The number of para-hydroxylation sites is 1. The second kappa shape index (κ2) is 9.84. The normalized spacial score (nSPS) is 12.0. The van der Waals surface area contributed by atoms with E-state index < -0.39 is 15.9 Å². The number of halogens is 1. The Morgan fingerprint density at radius 3 is 2.19 bits per heavy atom. The minimum absolute atomic E-state index is 0.0655. The second-order valence-corrected chi connectivity index (χ2v) is 9.33. The first-order valence-corrected chi connectivity index (χ1v) is 11.9. The number of amides is 2. The summed E-state index contributed by atoms with van der Waals surface area (Å²) in [5.41, 5.74) is 1.96. The molecule has 0 aliphatic rings. The molecular weight excluding hydrogens is 450 g/mol. The Labute approximate surface area is 191 Å². The van der Waals surface area contributed by atoms with Crippen molar-refractivity contribution in [1.82, 2.24) is 5.32 Å². The number of nitrogens with one attached hydrogen (secondary N) is 3. The molecule has 0 bridgehead atoms. The van der Waals surface area contributed by atoms with Gasteiger partial charge in [-0.25, -0.2) is 8.42 Å². The van der Waals surface area contributed by atoms with Crippen molar-refractivity contribution in [1.29, 1.82) is 0 Å². The highest BCUT2D eigenvalue weighted by Gasteiger charge is 2.18. The van der Waals surface area contributed by atoms with Crippen LogP contribution < -0.4 is 15.4 Å². The first-order valence-electron chi connectivity index (χ1n) is 9.67. The smallest absolute Gasteiger partial charge is 0.257 e. The minimum atomic E-state index is -3.47. The van der Waals surface area contributed by atoms with E-state index in [1.54, 1.807) is 24.3 Å². The maximum Gasteiger partial charge on any atom is 0.257 e. The summed E-state index contributed by atoms with van der Waals surface area (Å²) in [6.07, 6.45) is 1.02. The fourth-order valence-electron chi connectivity index (χ4n) is 3.06. The molecule has 0 saturated heterocycles. The monoisotopic (exact) mass is 471 g/mol. The van der Waals surface area contributed by atoms with Crippen molar-refractivity contribution in [3.63, 3.8) is 0 Å². The fourth-order valence-corrected chi connectivity index (χ4v) is 3.88. The lowest BCUT2D eigenvalue weighted by atomic mass is 10.1. The maximum atomic E-state index is 12.9. The Hall–Kier alpha value is -3.36. The van der Waals surface area contributed by atoms with Crippen LogP contribution in [0.2, 0.25) is 5.02 Å². The van der Waals surface area contributed by atoms with Crippen molar-refractivity contribution < 1.29 is 18.0 Å². The van der Waals surface area contributed by atoms with Crippen LogP contribution in [-0.4, -0.2) is 26.5 Å². The van der Waals surface area contributed by atoms with Crippen LogP contribution in [0.5, 0.6) is 0 Å². The Morgan fingerprint density at radius 1 is 0.875 bits per heavy atom. The van der Waals surface area contributed by atoms with Gasteiger partial charge in [0, 0.05) is 5.69 Å². The Bertz CT molecular complexity index is 1250. The first kappa shape index (κ1) is 23.3. The molecule has 0 heterocycles. The molecule has 0 aromatic heterocycles. The van der Waals surface area contributed by atoms with Gasteiger partial charge < -0.3 is 10.6 Å². The third kappa shape index (κ3) is 6.09. The highest BCUT2D eigenvalue weighted by atomic mass is 35.5. The van der Waals surface area contributed by atoms with Gasteiger partial charge in [-0.1, -0.05) is 54.1 Å². The molecule has 2 amide bonds. The highest BCUT2D eigenvalue weighted by molar-refractivity contribution is 7.92. The number of carbonyl (C=O) groups is 2. The van der Waals surface area contributed by atoms with Crippen LogP contribution in [0.1, 0.15) is 39.2 Å². The molecule has 3 N–H and O–H groups in total. The van der Waals surface area contributed by atoms with E-state index in [1.165, 1.54) is 18.2 Å². The molecule has 0 aliphatic heterocycles. The van der Waals surface area contributed by atoms with Gasteiger partial charge in [0.25, 0.3) is 11.8 Å². The van der Waals surface area contributed by atoms with Gasteiger partial charge >= 0.3 is 0 Å². The number of sulfonamides is 1. The SMILES string of the molecule is C[C@@H](NC(=O)c1ccccc1NC(=O)c1ccc(NS(C)(=O)=O)cc1Cl)c1ccccc1. The second-order valence-electron chi connectivity index (χ2n) is 7.17. The van der Waals surface area contributed by atoms with Crippen LogP contribution >= 0.6 is 11.6 Å². The van der Waals surface area contributed by atoms with Crippen LogP contribution in [-0.2, 0) is 10.0 Å². The molecular formula is C23H22ClN3O4S. The van der Waals surface area contributed by atoms with E-state index in [1.807, 2.05) is 37.3 Å². The first-order chi connectivity index (χ1) is 15.1. The fraction of sp³-hybridized carbons (Fsp3) is 0.130. The summed E-state index contributed by atoms with van der Waals surface area (Å²) in [5.74, 6) is -0.867. The van der Waals surface area contributed by atoms with E-state index in [4.69, 9.17) is 11.6 Å². The summed E-state index contributed by atoms with van der Waals surface area (Å²) in [7, 11) is -3.47. The average molecular weight is 472 g/mol. The van der Waals surface area contributed by atoms with Crippen molar-refractivity contribution in [2.75, 3.05) is 16.3 Å². The molecule has 0 saturated carbocycles. The van der Waals surface area contributed by atoms with Gasteiger partial charge in [0.15, 0.2) is 0 Å². The van der Waals surface area contributed by atoms with Crippen molar-refractivity contribution in [3.05, 3.63) is 94.5 Å². The Kier molecular flexibility index (Phi) is 7.17. The van der Waals surface area contributed by atoms with Gasteiger partial charge in [-0.3, -0.25) is 14.3 Å². The number of carbonyl (C=O) groups excluding carboxylic acids is 2. The van der Waals surface area contributed by atoms with Gasteiger partial charge in [-0.05, 0) is 42.8 Å². The van der Waals surface area contributed by atoms with Gasteiger partial charge in [0.2, 0.25) is 10.0 Å².